The Balaban J connectivity index is 0.000000354. The van der Waals surface area contributed by atoms with Gasteiger partial charge in [0.05, 0.1) is 0 Å². The van der Waals surface area contributed by atoms with E-state index in [1.165, 1.54) is 18.4 Å². The molecule has 1 nitrogen and oxygen atoms in total. The average Bonchev–Trinajstić information content (AvgIpc) is 2.08. The number of hydrogen-bond donors (Lipinski definition) is 0. The van der Waals surface area contributed by atoms with Gasteiger partial charge in [0, 0.05) is 7.11 Å². The maximum absolute atomic E-state index is 4.39. The standard InChI is InChI=1S/C9H12.CH6OSi/c1-2-6-9-7-4-3-5-8-9;1-2-3/h3-5,7-8H,2,6H2,1H3;1,3H3. The molecule has 0 amide bonds. The normalized spacial score (nSPS) is 8.83. The minimum Gasteiger partial charge on any atom is -0.431 e. The molecule has 0 spiro atoms. The molecule has 0 aliphatic carbocycles. The van der Waals surface area contributed by atoms with Gasteiger partial charge in [0.15, 0.2) is 0 Å². The fourth-order valence-corrected chi connectivity index (χ4v) is 0.933. The van der Waals surface area contributed by atoms with E-state index in [4.69, 9.17) is 0 Å². The molecule has 68 valence electrons. The molecule has 1 aromatic rings. The summed E-state index contributed by atoms with van der Waals surface area (Å²) in [4.78, 5) is 0. The Hall–Kier alpha value is -0.603. The van der Waals surface area contributed by atoms with Gasteiger partial charge in [-0.3, -0.25) is 0 Å². The first-order chi connectivity index (χ1) is 5.85. The van der Waals surface area contributed by atoms with Crippen LogP contribution in [0.5, 0.6) is 0 Å². The van der Waals surface area contributed by atoms with Crippen LogP contribution in [0.3, 0.4) is 0 Å². The second-order valence-corrected chi connectivity index (χ2v) is 3.46. The monoisotopic (exact) mass is 182 g/mol. The van der Waals surface area contributed by atoms with Crippen molar-refractivity contribution in [2.75, 3.05) is 7.11 Å². The van der Waals surface area contributed by atoms with Crippen LogP contribution in [0.15, 0.2) is 30.3 Å². The molecule has 12 heavy (non-hydrogen) atoms. The van der Waals surface area contributed by atoms with Gasteiger partial charge in [0.1, 0.15) is 10.5 Å². The highest BCUT2D eigenvalue weighted by Gasteiger charge is 1.84. The first kappa shape index (κ1) is 11.4. The first-order valence-electron chi connectivity index (χ1n) is 4.29. The smallest absolute Gasteiger partial charge is 0.145 e. The zero-order chi connectivity index (χ0) is 9.23. The van der Waals surface area contributed by atoms with E-state index in [-0.39, 0.29) is 0 Å². The second-order valence-electron chi connectivity index (χ2n) is 2.64. The summed E-state index contributed by atoms with van der Waals surface area (Å²) >= 11 is 0. The highest BCUT2D eigenvalue weighted by atomic mass is 28.2. The van der Waals surface area contributed by atoms with Crippen molar-refractivity contribution in [3.63, 3.8) is 0 Å². The highest BCUT2D eigenvalue weighted by Crippen LogP contribution is 2.00. The Bertz CT molecular complexity index is 174. The second kappa shape index (κ2) is 8.49. The minimum atomic E-state index is 0.869. The molecule has 0 radical (unpaired) electrons. The van der Waals surface area contributed by atoms with E-state index < -0.39 is 0 Å². The molecule has 1 rings (SSSR count). The van der Waals surface area contributed by atoms with Crippen molar-refractivity contribution in [3.8, 4) is 0 Å². The predicted molar refractivity (Wildman–Crippen MR) is 57.4 cm³/mol. The van der Waals surface area contributed by atoms with Crippen LogP contribution in [-0.2, 0) is 10.8 Å². The summed E-state index contributed by atoms with van der Waals surface area (Å²) in [6.07, 6.45) is 2.45. The summed E-state index contributed by atoms with van der Waals surface area (Å²) in [5, 5.41) is 0. The molecule has 0 saturated heterocycles. The van der Waals surface area contributed by atoms with Crippen LogP contribution in [0.1, 0.15) is 18.9 Å². The predicted octanol–water partition coefficient (Wildman–Crippen LogP) is 1.55. The summed E-state index contributed by atoms with van der Waals surface area (Å²) in [7, 11) is 2.56. The van der Waals surface area contributed by atoms with Crippen molar-refractivity contribution >= 4 is 10.5 Å². The summed E-state index contributed by atoms with van der Waals surface area (Å²) in [5.41, 5.74) is 1.44. The van der Waals surface area contributed by atoms with Crippen LogP contribution in [0, 0.1) is 0 Å². The third-order valence-electron chi connectivity index (χ3n) is 1.38. The van der Waals surface area contributed by atoms with Gasteiger partial charge < -0.3 is 4.43 Å². The molecule has 1 aromatic carbocycles. The lowest BCUT2D eigenvalue weighted by Gasteiger charge is -1.93. The van der Waals surface area contributed by atoms with Gasteiger partial charge >= 0.3 is 0 Å². The van der Waals surface area contributed by atoms with Crippen LogP contribution < -0.4 is 0 Å². The Morgan fingerprint density at radius 1 is 1.25 bits per heavy atom. The van der Waals surface area contributed by atoms with Crippen LogP contribution in [0.4, 0.5) is 0 Å². The van der Waals surface area contributed by atoms with Gasteiger partial charge in [-0.1, -0.05) is 43.7 Å². The summed E-state index contributed by atoms with van der Waals surface area (Å²) in [6.45, 7) is 2.20. The van der Waals surface area contributed by atoms with Gasteiger partial charge in [-0.05, 0) is 12.0 Å². The van der Waals surface area contributed by atoms with E-state index in [0.29, 0.717) is 0 Å². The molecule has 0 aromatic heterocycles. The Kier molecular flexibility index (Phi) is 8.07. The molecular weight excluding hydrogens is 164 g/mol. The number of hydrogen-bond acceptors (Lipinski definition) is 1. The number of aryl methyl sites for hydroxylation is 1. The van der Waals surface area contributed by atoms with Crippen molar-refractivity contribution in [2.24, 2.45) is 0 Å². The molecule has 0 fully saturated rings. The highest BCUT2D eigenvalue weighted by molar-refractivity contribution is 5.97. The SMILES string of the molecule is CCCc1ccccc1.CO[SiH3]. The molecular formula is C10H18OSi. The molecule has 0 aliphatic rings. The van der Waals surface area contributed by atoms with E-state index in [2.05, 4.69) is 41.7 Å². The lowest BCUT2D eigenvalue weighted by Crippen LogP contribution is -1.78. The number of rotatable bonds is 2. The van der Waals surface area contributed by atoms with Gasteiger partial charge in [-0.25, -0.2) is 0 Å². The van der Waals surface area contributed by atoms with E-state index >= 15 is 0 Å². The van der Waals surface area contributed by atoms with Gasteiger partial charge in [-0.2, -0.15) is 0 Å². The van der Waals surface area contributed by atoms with Crippen molar-refractivity contribution in [1.29, 1.82) is 0 Å². The molecule has 0 atom stereocenters. The van der Waals surface area contributed by atoms with Gasteiger partial charge in [0.25, 0.3) is 0 Å². The largest absolute Gasteiger partial charge is 0.431 e. The molecule has 2 heteroatoms. The summed E-state index contributed by atoms with van der Waals surface area (Å²) in [6, 6.07) is 10.6. The van der Waals surface area contributed by atoms with Gasteiger partial charge in [-0.15, -0.1) is 0 Å². The van der Waals surface area contributed by atoms with E-state index in [1.807, 2.05) is 0 Å². The van der Waals surface area contributed by atoms with Gasteiger partial charge in [0.2, 0.25) is 0 Å². The zero-order valence-electron chi connectivity index (χ0n) is 8.21. The summed E-state index contributed by atoms with van der Waals surface area (Å²) < 4.78 is 4.39. The fourth-order valence-electron chi connectivity index (χ4n) is 0.933. The van der Waals surface area contributed by atoms with E-state index in [1.54, 1.807) is 7.11 Å². The molecule has 0 heterocycles. The molecule has 0 aliphatic heterocycles. The average molecular weight is 182 g/mol. The van der Waals surface area contributed by atoms with E-state index in [9.17, 15) is 0 Å². The third-order valence-corrected chi connectivity index (χ3v) is 1.38. The zero-order valence-corrected chi connectivity index (χ0v) is 10.2. The number of benzene rings is 1. The maximum atomic E-state index is 4.39. The lowest BCUT2D eigenvalue weighted by molar-refractivity contribution is 0.460. The van der Waals surface area contributed by atoms with Crippen LogP contribution in [0.25, 0.3) is 0 Å². The lowest BCUT2D eigenvalue weighted by atomic mass is 10.1. The molecule has 0 N–H and O–H groups in total. The molecule has 0 saturated carbocycles. The van der Waals surface area contributed by atoms with Crippen molar-refractivity contribution in [2.45, 2.75) is 19.8 Å². The third kappa shape index (κ3) is 6.13. The fraction of sp³-hybridized carbons (Fsp3) is 0.400. The van der Waals surface area contributed by atoms with Crippen LogP contribution in [-0.4, -0.2) is 17.6 Å². The van der Waals surface area contributed by atoms with Crippen molar-refractivity contribution in [3.05, 3.63) is 35.9 Å². The minimum absolute atomic E-state index is 0.869. The quantitative estimate of drug-likeness (QED) is 0.631. The topological polar surface area (TPSA) is 9.23 Å². The van der Waals surface area contributed by atoms with Crippen LogP contribution in [0.2, 0.25) is 0 Å². The van der Waals surface area contributed by atoms with Crippen LogP contribution >= 0.6 is 0 Å². The summed E-state index contributed by atoms with van der Waals surface area (Å²) in [5.74, 6) is 0. The van der Waals surface area contributed by atoms with E-state index in [0.717, 1.165) is 10.5 Å². The maximum Gasteiger partial charge on any atom is 0.145 e. The molecule has 0 unspecified atom stereocenters. The Labute approximate surface area is 78.3 Å². The van der Waals surface area contributed by atoms with Crippen molar-refractivity contribution < 1.29 is 4.43 Å². The van der Waals surface area contributed by atoms with Crippen molar-refractivity contribution in [1.82, 2.24) is 0 Å². The Morgan fingerprint density at radius 3 is 2.17 bits per heavy atom. The molecule has 0 bridgehead atoms. The Morgan fingerprint density at radius 2 is 1.75 bits per heavy atom. The first-order valence-corrected chi connectivity index (χ1v) is 5.10.